The molecule has 0 amide bonds. The minimum atomic E-state index is -1.09. The lowest BCUT2D eigenvalue weighted by atomic mass is 9.88. The van der Waals surface area contributed by atoms with Crippen LogP contribution in [0.15, 0.2) is 48.8 Å². The monoisotopic (exact) mass is 434 g/mol. The second kappa shape index (κ2) is 7.29. The van der Waals surface area contributed by atoms with E-state index in [1.165, 1.54) is 0 Å². The predicted molar refractivity (Wildman–Crippen MR) is 125 cm³/mol. The van der Waals surface area contributed by atoms with Gasteiger partial charge in [0.15, 0.2) is 11.4 Å². The predicted octanol–water partition coefficient (Wildman–Crippen LogP) is 5.23. The van der Waals surface area contributed by atoms with Crippen molar-refractivity contribution in [1.29, 1.82) is 0 Å². The lowest BCUT2D eigenvalue weighted by molar-refractivity contribution is 0.0940. The first-order chi connectivity index (χ1) is 14.8. The van der Waals surface area contributed by atoms with Crippen molar-refractivity contribution in [2.45, 2.75) is 53.5 Å². The zero-order valence-electron chi connectivity index (χ0n) is 19.1. The number of Topliss-reactive ketones (excluding diaryl/α,β-unsaturated/α-hetero) is 1. The third-order valence-electron chi connectivity index (χ3n) is 4.92. The van der Waals surface area contributed by atoms with E-state index >= 15 is 0 Å². The van der Waals surface area contributed by atoms with Gasteiger partial charge in [-0.3, -0.25) is 4.79 Å². The van der Waals surface area contributed by atoms with Crippen molar-refractivity contribution in [3.63, 3.8) is 0 Å². The van der Waals surface area contributed by atoms with Gasteiger partial charge in [-0.2, -0.15) is 0 Å². The number of carbonyl (C=O) groups excluding carboxylic acids is 1. The highest BCUT2D eigenvalue weighted by atomic mass is 16.5. The van der Waals surface area contributed by atoms with Crippen LogP contribution in [0.25, 0.3) is 33.3 Å². The molecule has 0 atom stereocenters. The van der Waals surface area contributed by atoms with Crippen LogP contribution in [0.2, 0.25) is 0 Å². The van der Waals surface area contributed by atoms with E-state index in [1.807, 2.05) is 59.7 Å². The summed E-state index contributed by atoms with van der Waals surface area (Å²) in [6.45, 7) is 12.0. The molecule has 2 aliphatic rings. The molecule has 4 rings (SSSR count). The summed E-state index contributed by atoms with van der Waals surface area (Å²) in [5.74, 6) is 0.0377. The molecule has 0 unspecified atom stereocenters. The maximum Gasteiger partial charge on any atom is 0.423 e. The van der Waals surface area contributed by atoms with Crippen molar-refractivity contribution in [1.82, 2.24) is 4.98 Å². The Morgan fingerprint density at radius 2 is 1.62 bits per heavy atom. The Morgan fingerprint density at radius 1 is 0.969 bits per heavy atom. The molecular formula is C25H26N2O5. The maximum absolute atomic E-state index is 12.9. The van der Waals surface area contributed by atoms with E-state index in [4.69, 9.17) is 8.83 Å². The molecule has 2 heterocycles. The smallest absolute Gasteiger partial charge is 0.412 e. The summed E-state index contributed by atoms with van der Waals surface area (Å²) in [5, 5.41) is 4.00. The highest BCUT2D eigenvalue weighted by molar-refractivity contribution is 6.13. The van der Waals surface area contributed by atoms with Crippen LogP contribution in [-0.4, -0.2) is 16.3 Å². The minimum Gasteiger partial charge on any atom is -0.412 e. The van der Waals surface area contributed by atoms with Gasteiger partial charge in [0.1, 0.15) is 5.52 Å². The molecule has 0 saturated carbocycles. The first-order valence-electron chi connectivity index (χ1n) is 10.5. The van der Waals surface area contributed by atoms with Gasteiger partial charge in [0, 0.05) is 28.5 Å². The molecule has 1 aliphatic heterocycles. The number of rotatable bonds is 3. The van der Waals surface area contributed by atoms with Crippen molar-refractivity contribution in [3.05, 3.63) is 56.7 Å². The normalized spacial score (nSPS) is 12.6. The highest BCUT2D eigenvalue weighted by Gasteiger charge is 2.24. The number of hydrogen-bond donors (Lipinski definition) is 1. The van der Waals surface area contributed by atoms with Crippen molar-refractivity contribution < 1.29 is 13.6 Å². The molecule has 0 saturated heterocycles. The number of hydrogen-bond acceptors (Lipinski definition) is 7. The van der Waals surface area contributed by atoms with Crippen LogP contribution >= 0.6 is 0 Å². The molecule has 1 N–H and O–H groups in total. The third-order valence-corrected chi connectivity index (χ3v) is 4.92. The van der Waals surface area contributed by atoms with Crippen molar-refractivity contribution in [2.24, 2.45) is 5.41 Å². The second-order valence-electron chi connectivity index (χ2n) is 10.3. The molecule has 1 aromatic carbocycles. The molecule has 0 spiro atoms. The van der Waals surface area contributed by atoms with Crippen LogP contribution in [0.3, 0.4) is 0 Å². The lowest BCUT2D eigenvalue weighted by Gasteiger charge is -2.22. The molecule has 0 radical (unpaired) electrons. The van der Waals surface area contributed by atoms with E-state index in [2.05, 4.69) is 10.3 Å². The van der Waals surface area contributed by atoms with Crippen LogP contribution in [0, 0.1) is 5.41 Å². The Morgan fingerprint density at radius 3 is 2.25 bits per heavy atom. The van der Waals surface area contributed by atoms with Gasteiger partial charge in [0.2, 0.25) is 5.58 Å². The summed E-state index contributed by atoms with van der Waals surface area (Å²) in [6.07, 6.45) is 0.407. The number of nitrogens with zero attached hydrogens (tertiary/aromatic N) is 1. The summed E-state index contributed by atoms with van der Waals surface area (Å²) in [7, 11) is 0. The number of aromatic nitrogens is 1. The molecule has 1 aromatic heterocycles. The van der Waals surface area contributed by atoms with Gasteiger partial charge in [-0.05, 0) is 44.4 Å². The van der Waals surface area contributed by atoms with Crippen LogP contribution in [0.5, 0.6) is 0 Å². The Hall–Kier alpha value is -3.48. The Labute approximate surface area is 184 Å². The number of fused-ring (bicyclic) bond motifs is 5. The van der Waals surface area contributed by atoms with Gasteiger partial charge < -0.3 is 14.2 Å². The number of carbonyl (C=O) groups is 1. The summed E-state index contributed by atoms with van der Waals surface area (Å²) < 4.78 is 10.6. The van der Waals surface area contributed by atoms with Gasteiger partial charge in [-0.25, -0.2) is 14.6 Å². The fourth-order valence-electron chi connectivity index (χ4n) is 3.71. The Balaban J connectivity index is 2.05. The van der Waals surface area contributed by atoms with Crippen LogP contribution in [0.4, 0.5) is 5.69 Å². The topological polar surface area (TPSA) is 102 Å². The van der Waals surface area contributed by atoms with E-state index in [0.717, 1.165) is 5.56 Å². The van der Waals surface area contributed by atoms with Gasteiger partial charge in [0.05, 0.1) is 11.4 Å². The van der Waals surface area contributed by atoms with Gasteiger partial charge >= 0.3 is 11.3 Å². The van der Waals surface area contributed by atoms with Gasteiger partial charge in [-0.1, -0.05) is 32.9 Å². The van der Waals surface area contributed by atoms with E-state index in [1.54, 1.807) is 12.1 Å². The van der Waals surface area contributed by atoms with Crippen LogP contribution < -0.4 is 16.6 Å². The summed E-state index contributed by atoms with van der Waals surface area (Å²) >= 11 is 0. The Kier molecular flexibility index (Phi) is 4.95. The molecule has 32 heavy (non-hydrogen) atoms. The standard InChI is InChI=1S/C25H26N2O5/c1-24(2,3)12-18(28)13-8-7-9-16-14(10-13)15-11-17(27-25(4,5)6)20-21(19(15)26-16)32-23(30)22(29)31-20/h7-11,27H,12H2,1-6H3. The molecule has 1 aliphatic carbocycles. The number of ketones is 1. The number of nitrogens with one attached hydrogen (secondary N) is 1. The molecule has 166 valence electrons. The third kappa shape index (κ3) is 4.15. The summed E-state index contributed by atoms with van der Waals surface area (Å²) in [5.41, 5.74) is 0.426. The number of anilines is 1. The minimum absolute atomic E-state index is 0.0377. The highest BCUT2D eigenvalue weighted by Crippen LogP contribution is 2.39. The van der Waals surface area contributed by atoms with Crippen LogP contribution in [0.1, 0.15) is 58.3 Å². The van der Waals surface area contributed by atoms with Crippen molar-refractivity contribution >= 4 is 33.5 Å². The van der Waals surface area contributed by atoms with Crippen LogP contribution in [-0.2, 0) is 0 Å². The fourth-order valence-corrected chi connectivity index (χ4v) is 3.71. The largest absolute Gasteiger partial charge is 0.423 e. The average Bonchev–Trinajstić information content (AvgIpc) is 2.84. The zero-order valence-corrected chi connectivity index (χ0v) is 19.1. The summed E-state index contributed by atoms with van der Waals surface area (Å²) in [4.78, 5) is 41.4. The van der Waals surface area contributed by atoms with Gasteiger partial charge in [0.25, 0.3) is 0 Å². The molecule has 0 bridgehead atoms. The van der Waals surface area contributed by atoms with Crippen molar-refractivity contribution in [2.75, 3.05) is 5.32 Å². The van der Waals surface area contributed by atoms with E-state index in [-0.39, 0.29) is 27.9 Å². The maximum atomic E-state index is 12.9. The van der Waals surface area contributed by atoms with Gasteiger partial charge in [-0.15, -0.1) is 0 Å². The SMILES string of the molecule is CC(C)(C)CC(=O)c1cccc2nc3c(cc(NC(C)(C)C)c4oc(=O)c(=O)oc43)c-2c1. The fraction of sp³-hybridized carbons (Fsp3) is 0.360. The first-order valence-corrected chi connectivity index (χ1v) is 10.5. The average molecular weight is 434 g/mol. The molecule has 2 aromatic rings. The Bertz CT molecular complexity index is 1450. The second-order valence-corrected chi connectivity index (χ2v) is 10.3. The quantitative estimate of drug-likeness (QED) is 0.348. The van der Waals surface area contributed by atoms with E-state index in [9.17, 15) is 14.4 Å². The molecule has 7 heteroatoms. The molecular weight excluding hydrogens is 408 g/mol. The zero-order chi connectivity index (χ0) is 23.4. The molecule has 7 nitrogen and oxygen atoms in total. The number of benzene rings is 1. The van der Waals surface area contributed by atoms with E-state index < -0.39 is 11.3 Å². The lowest BCUT2D eigenvalue weighted by Crippen LogP contribution is -2.27. The van der Waals surface area contributed by atoms with Crippen molar-refractivity contribution in [3.8, 4) is 11.3 Å². The summed E-state index contributed by atoms with van der Waals surface area (Å²) in [6, 6.07) is 9.03. The molecule has 0 fully saturated rings. The first kappa shape index (κ1) is 21.7. The van der Waals surface area contributed by atoms with E-state index in [0.29, 0.717) is 34.3 Å².